The lowest BCUT2D eigenvalue weighted by Gasteiger charge is -2.08. The smallest absolute Gasteiger partial charge is 0.343 e. The van der Waals surface area contributed by atoms with Gasteiger partial charge in [0.1, 0.15) is 5.25 Å². The van der Waals surface area contributed by atoms with Crippen LogP contribution < -0.4 is 11.4 Å². The van der Waals surface area contributed by atoms with Crippen molar-refractivity contribution in [1.82, 2.24) is 14.8 Å². The zero-order valence-corrected chi connectivity index (χ0v) is 9.66. The Labute approximate surface area is 96.0 Å². The van der Waals surface area contributed by atoms with E-state index in [1.54, 1.807) is 0 Å². The maximum Gasteiger partial charge on any atom is 0.343 e. The number of aromatic nitrogens is 3. The molecule has 8 heteroatoms. The Morgan fingerprint density at radius 2 is 2.44 bits per heavy atom. The molecule has 0 fully saturated rings. The molecule has 1 aromatic rings. The molecule has 4 N–H and O–H groups in total. The third-order valence-electron chi connectivity index (χ3n) is 1.91. The van der Waals surface area contributed by atoms with Gasteiger partial charge in [0.2, 0.25) is 0 Å². The van der Waals surface area contributed by atoms with Crippen LogP contribution in [0, 0.1) is 0 Å². The minimum atomic E-state index is -1.01. The van der Waals surface area contributed by atoms with Gasteiger partial charge in [-0.2, -0.15) is 0 Å². The number of carboxylic acids is 1. The van der Waals surface area contributed by atoms with Crippen molar-refractivity contribution in [3.8, 4) is 0 Å². The summed E-state index contributed by atoms with van der Waals surface area (Å²) >= 11 is 0.980. The molecule has 1 atom stereocenters. The van der Waals surface area contributed by atoms with Crippen LogP contribution >= 0.6 is 11.8 Å². The second-order valence-electron chi connectivity index (χ2n) is 3.14. The van der Waals surface area contributed by atoms with E-state index in [4.69, 9.17) is 10.8 Å². The van der Waals surface area contributed by atoms with Crippen LogP contribution in [0.15, 0.2) is 9.95 Å². The molecular formula is C8H14N4O3S. The molecule has 1 aromatic heterocycles. The van der Waals surface area contributed by atoms with E-state index in [2.05, 4.69) is 10.2 Å². The average Bonchev–Trinajstić information content (AvgIpc) is 2.57. The fourth-order valence-corrected chi connectivity index (χ4v) is 1.99. The first-order chi connectivity index (χ1) is 7.60. The Hall–Kier alpha value is -1.28. The van der Waals surface area contributed by atoms with Crippen molar-refractivity contribution in [2.24, 2.45) is 5.73 Å². The molecule has 16 heavy (non-hydrogen) atoms. The lowest BCUT2D eigenvalue weighted by molar-refractivity contribution is -0.136. The van der Waals surface area contributed by atoms with Crippen molar-refractivity contribution >= 4 is 17.7 Å². The number of aromatic amines is 1. The number of carbonyl (C=O) groups is 1. The van der Waals surface area contributed by atoms with E-state index in [0.717, 1.165) is 18.2 Å². The minimum absolute atomic E-state index is 0.00677. The van der Waals surface area contributed by atoms with E-state index in [0.29, 0.717) is 11.7 Å². The van der Waals surface area contributed by atoms with Gasteiger partial charge in [-0.05, 0) is 6.42 Å². The highest BCUT2D eigenvalue weighted by Gasteiger charge is 2.20. The van der Waals surface area contributed by atoms with Crippen LogP contribution in [-0.4, -0.2) is 37.6 Å². The van der Waals surface area contributed by atoms with E-state index >= 15 is 0 Å². The predicted molar refractivity (Wildman–Crippen MR) is 59.5 cm³/mol. The number of nitrogens with one attached hydrogen (secondary N) is 1. The monoisotopic (exact) mass is 246 g/mol. The summed E-state index contributed by atoms with van der Waals surface area (Å²) in [7, 11) is 0. The Kier molecular flexibility index (Phi) is 4.56. The van der Waals surface area contributed by atoms with E-state index < -0.39 is 11.2 Å². The summed E-state index contributed by atoms with van der Waals surface area (Å²) in [5.41, 5.74) is 5.00. The topological polar surface area (TPSA) is 114 Å². The van der Waals surface area contributed by atoms with Crippen LogP contribution in [0.5, 0.6) is 0 Å². The standard InChI is InChI=1S/C8H14N4O3S/c1-2-3-12-7(15)10-11-8(12)16-5(4-9)6(13)14/h5H,2-4,9H2,1H3,(H,10,15)(H,13,14). The molecule has 1 heterocycles. The van der Waals surface area contributed by atoms with Gasteiger partial charge >= 0.3 is 11.7 Å². The first-order valence-electron chi connectivity index (χ1n) is 4.84. The zero-order valence-electron chi connectivity index (χ0n) is 8.84. The number of hydrogen-bond acceptors (Lipinski definition) is 5. The largest absolute Gasteiger partial charge is 0.480 e. The number of nitrogens with two attached hydrogens (primary N) is 1. The van der Waals surface area contributed by atoms with Crippen LogP contribution in [0.4, 0.5) is 0 Å². The normalized spacial score (nSPS) is 12.6. The number of rotatable bonds is 6. The zero-order chi connectivity index (χ0) is 12.1. The van der Waals surface area contributed by atoms with Gasteiger partial charge in [-0.3, -0.25) is 9.36 Å². The first kappa shape index (κ1) is 12.8. The van der Waals surface area contributed by atoms with Gasteiger partial charge in [0.05, 0.1) is 0 Å². The fourth-order valence-electron chi connectivity index (χ4n) is 1.14. The molecule has 0 aliphatic rings. The summed E-state index contributed by atoms with van der Waals surface area (Å²) in [6.45, 7) is 2.42. The Bertz CT molecular complexity index is 414. The van der Waals surface area contributed by atoms with E-state index in [1.165, 1.54) is 4.57 Å². The number of H-pyrrole nitrogens is 1. The molecule has 0 bridgehead atoms. The predicted octanol–water partition coefficient (Wildman–Crippen LogP) is -0.515. The highest BCUT2D eigenvalue weighted by molar-refractivity contribution is 8.00. The van der Waals surface area contributed by atoms with Gasteiger partial charge in [0.15, 0.2) is 5.16 Å². The summed E-state index contributed by atoms with van der Waals surface area (Å²) in [5, 5.41) is 14.5. The molecule has 7 nitrogen and oxygen atoms in total. The summed E-state index contributed by atoms with van der Waals surface area (Å²) in [6.07, 6.45) is 0.771. The number of thioether (sulfide) groups is 1. The van der Waals surface area contributed by atoms with Crippen molar-refractivity contribution in [2.75, 3.05) is 6.54 Å². The van der Waals surface area contributed by atoms with Crippen LogP contribution in [0.25, 0.3) is 0 Å². The third-order valence-corrected chi connectivity index (χ3v) is 3.11. The quantitative estimate of drug-likeness (QED) is 0.582. The Balaban J connectivity index is 2.87. The summed E-state index contributed by atoms with van der Waals surface area (Å²) in [5.74, 6) is -1.01. The molecule has 0 spiro atoms. The highest BCUT2D eigenvalue weighted by atomic mass is 32.2. The summed E-state index contributed by atoms with van der Waals surface area (Å²) < 4.78 is 1.41. The second-order valence-corrected chi connectivity index (χ2v) is 4.31. The molecule has 0 aliphatic carbocycles. The van der Waals surface area contributed by atoms with Crippen molar-refractivity contribution in [3.63, 3.8) is 0 Å². The van der Waals surface area contributed by atoms with Crippen LogP contribution in [0.1, 0.15) is 13.3 Å². The number of nitrogens with zero attached hydrogens (tertiary/aromatic N) is 2. The first-order valence-corrected chi connectivity index (χ1v) is 5.72. The maximum absolute atomic E-state index is 11.3. The third kappa shape index (κ3) is 2.86. The SMILES string of the molecule is CCCn1c(SC(CN)C(=O)O)n[nH]c1=O. The van der Waals surface area contributed by atoms with Crippen molar-refractivity contribution in [1.29, 1.82) is 0 Å². The lowest BCUT2D eigenvalue weighted by Crippen LogP contribution is -2.27. The molecule has 0 aliphatic heterocycles. The van der Waals surface area contributed by atoms with Crippen molar-refractivity contribution < 1.29 is 9.90 Å². The molecule has 0 saturated carbocycles. The lowest BCUT2D eigenvalue weighted by atomic mass is 10.4. The van der Waals surface area contributed by atoms with E-state index in [9.17, 15) is 9.59 Å². The van der Waals surface area contributed by atoms with E-state index in [-0.39, 0.29) is 12.2 Å². The summed E-state index contributed by atoms with van der Waals surface area (Å²) in [4.78, 5) is 22.1. The molecule has 1 rings (SSSR count). The van der Waals surface area contributed by atoms with Crippen LogP contribution in [0.3, 0.4) is 0 Å². The molecular weight excluding hydrogens is 232 g/mol. The van der Waals surface area contributed by atoms with Gasteiger partial charge in [0, 0.05) is 13.1 Å². The second kappa shape index (κ2) is 5.71. The number of carboxylic acid groups (broad SMARTS) is 1. The average molecular weight is 246 g/mol. The minimum Gasteiger partial charge on any atom is -0.480 e. The van der Waals surface area contributed by atoms with Gasteiger partial charge in [-0.15, -0.1) is 5.10 Å². The van der Waals surface area contributed by atoms with Crippen molar-refractivity contribution in [2.45, 2.75) is 30.3 Å². The Morgan fingerprint density at radius 1 is 1.75 bits per heavy atom. The Morgan fingerprint density at radius 3 is 2.94 bits per heavy atom. The van der Waals surface area contributed by atoms with Gasteiger partial charge in [-0.1, -0.05) is 18.7 Å². The van der Waals surface area contributed by atoms with Gasteiger partial charge < -0.3 is 10.8 Å². The number of hydrogen-bond donors (Lipinski definition) is 3. The van der Waals surface area contributed by atoms with Gasteiger partial charge in [-0.25, -0.2) is 9.89 Å². The maximum atomic E-state index is 11.3. The molecule has 0 aromatic carbocycles. The molecule has 0 amide bonds. The van der Waals surface area contributed by atoms with Crippen molar-refractivity contribution in [3.05, 3.63) is 10.5 Å². The molecule has 0 radical (unpaired) electrons. The van der Waals surface area contributed by atoms with Crippen LogP contribution in [0.2, 0.25) is 0 Å². The number of aliphatic carboxylic acids is 1. The molecule has 0 saturated heterocycles. The molecule has 90 valence electrons. The molecule has 1 unspecified atom stereocenters. The fraction of sp³-hybridized carbons (Fsp3) is 0.625. The van der Waals surface area contributed by atoms with E-state index in [1.807, 2.05) is 6.92 Å². The van der Waals surface area contributed by atoms with Gasteiger partial charge in [0.25, 0.3) is 0 Å². The highest BCUT2D eigenvalue weighted by Crippen LogP contribution is 2.19. The summed E-state index contributed by atoms with van der Waals surface area (Å²) in [6, 6.07) is 0. The van der Waals surface area contributed by atoms with Crippen LogP contribution in [-0.2, 0) is 11.3 Å².